The van der Waals surface area contributed by atoms with Gasteiger partial charge in [-0.15, -0.1) is 0 Å². The molecule has 0 aliphatic carbocycles. The summed E-state index contributed by atoms with van der Waals surface area (Å²) in [6.07, 6.45) is 3.11. The van der Waals surface area contributed by atoms with Gasteiger partial charge in [0.1, 0.15) is 0 Å². The minimum Gasteiger partial charge on any atom is -0.293 e. The maximum absolute atomic E-state index is 13.0. The molecule has 0 aliphatic heterocycles. The van der Waals surface area contributed by atoms with E-state index in [0.717, 1.165) is 5.56 Å². The number of benzene rings is 2. The molecule has 1 aromatic heterocycles. The fraction of sp³-hybridized carbons (Fsp3) is 0.143. The second-order valence-corrected chi connectivity index (χ2v) is 8.12. The minimum atomic E-state index is -3.80. The van der Waals surface area contributed by atoms with E-state index in [1.165, 1.54) is 11.1 Å². The first-order valence-electron chi connectivity index (χ1n) is 8.72. The largest absolute Gasteiger partial charge is 0.293 e. The molecule has 0 saturated heterocycles. The second-order valence-electron chi connectivity index (χ2n) is 6.39. The van der Waals surface area contributed by atoms with E-state index < -0.39 is 10.0 Å². The predicted molar refractivity (Wildman–Crippen MR) is 109 cm³/mol. The van der Waals surface area contributed by atoms with Crippen LogP contribution in [-0.4, -0.2) is 26.0 Å². The van der Waals surface area contributed by atoms with Gasteiger partial charge in [-0.05, 0) is 55.3 Å². The lowest BCUT2D eigenvalue weighted by Gasteiger charge is -2.23. The summed E-state index contributed by atoms with van der Waals surface area (Å²) in [5, 5.41) is 0. The molecule has 6 nitrogen and oxygen atoms in total. The summed E-state index contributed by atoms with van der Waals surface area (Å²) < 4.78 is 28.2. The molecule has 3 rings (SSSR count). The fourth-order valence-electron chi connectivity index (χ4n) is 2.75. The van der Waals surface area contributed by atoms with Crippen LogP contribution >= 0.6 is 0 Å². The van der Waals surface area contributed by atoms with Crippen molar-refractivity contribution in [3.8, 4) is 0 Å². The van der Waals surface area contributed by atoms with Crippen molar-refractivity contribution in [1.82, 2.24) is 9.71 Å². The Hall–Kier alpha value is -3.03. The molecule has 28 heavy (non-hydrogen) atoms. The third-order valence-corrected chi connectivity index (χ3v) is 5.80. The van der Waals surface area contributed by atoms with E-state index in [9.17, 15) is 13.2 Å². The zero-order chi connectivity index (χ0) is 20.1. The standard InChI is InChI=1S/C21H21N3O3S/c1-16-10-11-17(2)20(13-16)28(26,27)23-15-24(19-9-6-12-22-14-19)21(25)18-7-4-3-5-8-18/h3-14,23H,15H2,1-2H3. The van der Waals surface area contributed by atoms with E-state index in [1.807, 2.05) is 19.1 Å². The van der Waals surface area contributed by atoms with Gasteiger partial charge in [0.2, 0.25) is 10.0 Å². The van der Waals surface area contributed by atoms with Gasteiger partial charge < -0.3 is 0 Å². The molecule has 2 aromatic carbocycles. The van der Waals surface area contributed by atoms with Crippen LogP contribution in [0.2, 0.25) is 0 Å². The maximum atomic E-state index is 13.0. The summed E-state index contributed by atoms with van der Waals surface area (Å²) in [7, 11) is -3.80. The molecule has 1 N–H and O–H groups in total. The van der Waals surface area contributed by atoms with Gasteiger partial charge in [-0.25, -0.2) is 8.42 Å². The molecule has 0 aliphatic rings. The third-order valence-electron chi connectivity index (χ3n) is 4.27. The number of carbonyl (C=O) groups excluding carboxylic acids is 1. The van der Waals surface area contributed by atoms with Crippen molar-refractivity contribution in [2.75, 3.05) is 11.6 Å². The van der Waals surface area contributed by atoms with Crippen molar-refractivity contribution in [2.24, 2.45) is 0 Å². The van der Waals surface area contributed by atoms with Crippen molar-refractivity contribution < 1.29 is 13.2 Å². The third kappa shape index (κ3) is 4.44. The van der Waals surface area contributed by atoms with Crippen molar-refractivity contribution in [3.05, 3.63) is 89.7 Å². The molecular formula is C21H21N3O3S. The van der Waals surface area contributed by atoms with E-state index in [-0.39, 0.29) is 17.5 Å². The van der Waals surface area contributed by atoms with Gasteiger partial charge in [-0.1, -0.05) is 30.3 Å². The molecule has 7 heteroatoms. The number of aromatic nitrogens is 1. The summed E-state index contributed by atoms with van der Waals surface area (Å²) in [5.74, 6) is -0.322. The lowest BCUT2D eigenvalue weighted by Crippen LogP contribution is -2.41. The molecule has 1 heterocycles. The average molecular weight is 395 g/mol. The van der Waals surface area contributed by atoms with Crippen molar-refractivity contribution in [2.45, 2.75) is 18.7 Å². The SMILES string of the molecule is Cc1ccc(C)c(S(=O)(=O)NCN(C(=O)c2ccccc2)c2cccnc2)c1. The number of nitrogens with one attached hydrogen (secondary N) is 1. The van der Waals surface area contributed by atoms with Gasteiger partial charge in [0.05, 0.1) is 23.4 Å². The summed E-state index contributed by atoms with van der Waals surface area (Å²) in [5.41, 5.74) is 2.44. The van der Waals surface area contributed by atoms with Crippen LogP contribution in [0, 0.1) is 13.8 Å². The van der Waals surface area contributed by atoms with Gasteiger partial charge in [0.25, 0.3) is 5.91 Å². The Kier molecular flexibility index (Phi) is 5.87. The van der Waals surface area contributed by atoms with Crippen LogP contribution in [0.25, 0.3) is 0 Å². The Labute approximate surface area is 164 Å². The lowest BCUT2D eigenvalue weighted by molar-refractivity contribution is 0.0986. The highest BCUT2D eigenvalue weighted by atomic mass is 32.2. The normalized spacial score (nSPS) is 11.2. The van der Waals surface area contributed by atoms with Crippen LogP contribution in [0.4, 0.5) is 5.69 Å². The number of nitrogens with zero attached hydrogens (tertiary/aromatic N) is 2. The molecule has 3 aromatic rings. The Morgan fingerprint density at radius 2 is 1.79 bits per heavy atom. The van der Waals surface area contributed by atoms with E-state index in [1.54, 1.807) is 61.7 Å². The smallest absolute Gasteiger partial charge is 0.259 e. The first-order chi connectivity index (χ1) is 13.4. The molecule has 0 bridgehead atoms. The number of hydrogen-bond donors (Lipinski definition) is 1. The van der Waals surface area contributed by atoms with Gasteiger partial charge in [0, 0.05) is 11.8 Å². The number of carbonyl (C=O) groups is 1. The average Bonchev–Trinajstić information content (AvgIpc) is 2.71. The Balaban J connectivity index is 1.90. The molecular weight excluding hydrogens is 374 g/mol. The Morgan fingerprint density at radius 1 is 1.04 bits per heavy atom. The van der Waals surface area contributed by atoms with Crippen LogP contribution in [-0.2, 0) is 10.0 Å². The molecule has 0 atom stereocenters. The molecule has 0 radical (unpaired) electrons. The molecule has 0 fully saturated rings. The highest BCUT2D eigenvalue weighted by molar-refractivity contribution is 7.89. The molecule has 144 valence electrons. The van der Waals surface area contributed by atoms with Crippen LogP contribution in [0.1, 0.15) is 21.5 Å². The summed E-state index contributed by atoms with van der Waals surface area (Å²) >= 11 is 0. The lowest BCUT2D eigenvalue weighted by atomic mass is 10.2. The number of pyridine rings is 1. The highest BCUT2D eigenvalue weighted by Gasteiger charge is 2.22. The second kappa shape index (κ2) is 8.33. The van der Waals surface area contributed by atoms with Crippen LogP contribution in [0.15, 0.2) is 78.0 Å². The highest BCUT2D eigenvalue weighted by Crippen LogP contribution is 2.19. The maximum Gasteiger partial charge on any atom is 0.259 e. The summed E-state index contributed by atoms with van der Waals surface area (Å²) in [4.78, 5) is 18.6. The van der Waals surface area contributed by atoms with Crippen LogP contribution in [0.5, 0.6) is 0 Å². The number of amides is 1. The Bertz CT molecular complexity index is 1070. The molecule has 0 saturated carbocycles. The predicted octanol–water partition coefficient (Wildman–Crippen LogP) is 3.28. The van der Waals surface area contributed by atoms with Gasteiger partial charge in [-0.2, -0.15) is 4.72 Å². The van der Waals surface area contributed by atoms with E-state index in [4.69, 9.17) is 0 Å². The quantitative estimate of drug-likeness (QED) is 0.650. The molecule has 0 spiro atoms. The number of anilines is 1. The summed E-state index contributed by atoms with van der Waals surface area (Å²) in [6.45, 7) is 3.36. The number of rotatable bonds is 6. The first-order valence-corrected chi connectivity index (χ1v) is 10.2. The Morgan fingerprint density at radius 3 is 2.46 bits per heavy atom. The van der Waals surface area contributed by atoms with Gasteiger partial charge >= 0.3 is 0 Å². The number of sulfonamides is 1. The van der Waals surface area contributed by atoms with Crippen molar-refractivity contribution >= 4 is 21.6 Å². The van der Waals surface area contributed by atoms with Gasteiger partial charge in [0.15, 0.2) is 0 Å². The van der Waals surface area contributed by atoms with Crippen molar-refractivity contribution in [1.29, 1.82) is 0 Å². The first kappa shape index (κ1) is 19.7. The zero-order valence-corrected chi connectivity index (χ0v) is 16.5. The topological polar surface area (TPSA) is 79.4 Å². The summed E-state index contributed by atoms with van der Waals surface area (Å²) in [6, 6.07) is 17.3. The van der Waals surface area contributed by atoms with Crippen molar-refractivity contribution in [3.63, 3.8) is 0 Å². The van der Waals surface area contributed by atoms with Crippen LogP contribution in [0.3, 0.4) is 0 Å². The minimum absolute atomic E-state index is 0.200. The van der Waals surface area contributed by atoms with E-state index in [2.05, 4.69) is 9.71 Å². The number of aryl methyl sites for hydroxylation is 2. The van der Waals surface area contributed by atoms with E-state index >= 15 is 0 Å². The van der Waals surface area contributed by atoms with E-state index in [0.29, 0.717) is 16.8 Å². The molecule has 1 amide bonds. The zero-order valence-electron chi connectivity index (χ0n) is 15.7. The molecule has 0 unspecified atom stereocenters. The van der Waals surface area contributed by atoms with Crippen LogP contribution < -0.4 is 9.62 Å². The fourth-order valence-corrected chi connectivity index (χ4v) is 4.04. The van der Waals surface area contributed by atoms with Gasteiger partial charge in [-0.3, -0.25) is 14.7 Å². The monoisotopic (exact) mass is 395 g/mol. The number of hydrogen-bond acceptors (Lipinski definition) is 4.